The number of rotatable bonds is 6. The number of nitrogens with zero attached hydrogens (tertiary/aromatic N) is 1. The summed E-state index contributed by atoms with van der Waals surface area (Å²) in [5.41, 5.74) is 0.205. The van der Waals surface area contributed by atoms with Crippen LogP contribution in [0.3, 0.4) is 0 Å². The van der Waals surface area contributed by atoms with Gasteiger partial charge in [-0.15, -0.1) is 0 Å². The molecule has 2 rings (SSSR count). The molecule has 1 fully saturated rings. The van der Waals surface area contributed by atoms with Gasteiger partial charge >= 0.3 is 12.0 Å². The van der Waals surface area contributed by atoms with Crippen molar-refractivity contribution in [3.63, 3.8) is 0 Å². The van der Waals surface area contributed by atoms with E-state index >= 15 is 0 Å². The van der Waals surface area contributed by atoms with Crippen LogP contribution >= 0.6 is 0 Å². The summed E-state index contributed by atoms with van der Waals surface area (Å²) in [5.74, 6) is -1.77. The second kappa shape index (κ2) is 8.28. The normalized spacial score (nSPS) is 17.5. The number of anilines is 1. The van der Waals surface area contributed by atoms with E-state index in [1.807, 2.05) is 0 Å². The smallest absolute Gasteiger partial charge is 0.315 e. The van der Waals surface area contributed by atoms with Gasteiger partial charge in [-0.1, -0.05) is 12.1 Å². The van der Waals surface area contributed by atoms with Gasteiger partial charge in [0, 0.05) is 19.5 Å². The molecular formula is C16H20FN3O4. The maximum atomic E-state index is 13.9. The molecule has 0 aliphatic carbocycles. The van der Waals surface area contributed by atoms with Gasteiger partial charge < -0.3 is 20.6 Å². The topological polar surface area (TPSA) is 98.7 Å². The molecule has 8 heteroatoms. The van der Waals surface area contributed by atoms with E-state index in [4.69, 9.17) is 5.11 Å². The van der Waals surface area contributed by atoms with E-state index in [1.54, 1.807) is 12.1 Å². The Morgan fingerprint density at radius 3 is 2.79 bits per heavy atom. The fourth-order valence-electron chi connectivity index (χ4n) is 2.57. The molecule has 1 atom stereocenters. The molecule has 24 heavy (non-hydrogen) atoms. The third-order valence-electron chi connectivity index (χ3n) is 3.74. The number of para-hydroxylation sites is 1. The molecule has 1 heterocycles. The summed E-state index contributed by atoms with van der Waals surface area (Å²) in [5, 5.41) is 13.6. The Balaban J connectivity index is 1.89. The molecule has 0 saturated carbocycles. The monoisotopic (exact) mass is 337 g/mol. The van der Waals surface area contributed by atoms with Crippen molar-refractivity contribution in [3.05, 3.63) is 30.1 Å². The molecule has 0 bridgehead atoms. The minimum Gasteiger partial charge on any atom is -0.481 e. The molecule has 0 spiro atoms. The molecule has 0 radical (unpaired) electrons. The predicted octanol–water partition coefficient (Wildman–Crippen LogP) is 1.49. The summed E-state index contributed by atoms with van der Waals surface area (Å²) < 4.78 is 13.9. The molecule has 1 unspecified atom stereocenters. The number of nitrogens with one attached hydrogen (secondary N) is 2. The fourth-order valence-corrected chi connectivity index (χ4v) is 2.57. The lowest BCUT2D eigenvalue weighted by Gasteiger charge is -2.32. The maximum Gasteiger partial charge on any atom is 0.315 e. The molecule has 1 aliphatic rings. The molecule has 130 valence electrons. The number of carboxylic acid groups (broad SMARTS) is 1. The number of benzene rings is 1. The van der Waals surface area contributed by atoms with E-state index in [-0.39, 0.29) is 24.6 Å². The quantitative estimate of drug-likeness (QED) is 0.685. The van der Waals surface area contributed by atoms with Crippen molar-refractivity contribution >= 4 is 23.6 Å². The first-order valence-electron chi connectivity index (χ1n) is 7.81. The Morgan fingerprint density at radius 2 is 2.08 bits per heavy atom. The molecule has 7 nitrogen and oxygen atoms in total. The van der Waals surface area contributed by atoms with E-state index < -0.39 is 23.9 Å². The molecule has 1 aromatic carbocycles. The van der Waals surface area contributed by atoms with Crippen molar-refractivity contribution < 1.29 is 23.9 Å². The Morgan fingerprint density at radius 1 is 1.33 bits per heavy atom. The van der Waals surface area contributed by atoms with Gasteiger partial charge in [-0.05, 0) is 31.4 Å². The summed E-state index contributed by atoms with van der Waals surface area (Å²) in [6, 6.07) is 4.76. The van der Waals surface area contributed by atoms with Crippen LogP contribution in [0.15, 0.2) is 24.3 Å². The SMILES string of the molecule is O=C(O)CCCNC(=O)NC1CCCN(c2ccccc2F)C1=O. The second-order valence-corrected chi connectivity index (χ2v) is 5.53. The molecule has 3 amide bonds. The molecule has 3 N–H and O–H groups in total. The highest BCUT2D eigenvalue weighted by Crippen LogP contribution is 2.23. The summed E-state index contributed by atoms with van der Waals surface area (Å²) in [6.45, 7) is 0.605. The predicted molar refractivity (Wildman–Crippen MR) is 85.2 cm³/mol. The van der Waals surface area contributed by atoms with E-state index in [2.05, 4.69) is 10.6 Å². The van der Waals surface area contributed by atoms with Crippen molar-refractivity contribution in [3.8, 4) is 0 Å². The number of hydrogen-bond acceptors (Lipinski definition) is 3. The number of carboxylic acids is 1. The lowest BCUT2D eigenvalue weighted by atomic mass is 10.0. The third kappa shape index (κ3) is 4.68. The van der Waals surface area contributed by atoms with Gasteiger partial charge in [-0.25, -0.2) is 9.18 Å². The highest BCUT2D eigenvalue weighted by Gasteiger charge is 2.31. The number of hydrogen-bond donors (Lipinski definition) is 3. The largest absolute Gasteiger partial charge is 0.481 e. The number of piperidine rings is 1. The Bertz CT molecular complexity index is 623. The zero-order chi connectivity index (χ0) is 17.5. The van der Waals surface area contributed by atoms with Gasteiger partial charge in [0.05, 0.1) is 5.69 Å². The summed E-state index contributed by atoms with van der Waals surface area (Å²) in [7, 11) is 0. The van der Waals surface area contributed by atoms with Crippen LogP contribution in [0.5, 0.6) is 0 Å². The van der Waals surface area contributed by atoms with Crippen LogP contribution in [0.4, 0.5) is 14.9 Å². The van der Waals surface area contributed by atoms with Gasteiger partial charge in [0.15, 0.2) is 0 Å². The van der Waals surface area contributed by atoms with E-state index in [0.717, 1.165) is 0 Å². The number of carbonyl (C=O) groups is 3. The lowest BCUT2D eigenvalue weighted by molar-refractivity contribution is -0.137. The van der Waals surface area contributed by atoms with Crippen molar-refractivity contribution in [2.75, 3.05) is 18.0 Å². The first kappa shape index (κ1) is 17.7. The fraction of sp³-hybridized carbons (Fsp3) is 0.438. The zero-order valence-electron chi connectivity index (χ0n) is 13.1. The summed E-state index contributed by atoms with van der Waals surface area (Å²) in [6.07, 6.45) is 1.39. The van der Waals surface area contributed by atoms with Crippen molar-refractivity contribution in [2.24, 2.45) is 0 Å². The van der Waals surface area contributed by atoms with Crippen molar-refractivity contribution in [1.29, 1.82) is 0 Å². The lowest BCUT2D eigenvalue weighted by Crippen LogP contribution is -2.54. The third-order valence-corrected chi connectivity index (χ3v) is 3.74. The van der Waals surface area contributed by atoms with Crippen LogP contribution in [-0.4, -0.2) is 42.1 Å². The number of amides is 3. The average Bonchev–Trinajstić information content (AvgIpc) is 2.54. The van der Waals surface area contributed by atoms with E-state index in [9.17, 15) is 18.8 Å². The van der Waals surface area contributed by atoms with Crippen LogP contribution < -0.4 is 15.5 Å². The van der Waals surface area contributed by atoms with Gasteiger partial charge in [-0.3, -0.25) is 9.59 Å². The van der Waals surface area contributed by atoms with Gasteiger partial charge in [0.1, 0.15) is 11.9 Å². The minimum absolute atomic E-state index is 0.0380. The van der Waals surface area contributed by atoms with Crippen molar-refractivity contribution in [1.82, 2.24) is 10.6 Å². The maximum absolute atomic E-state index is 13.9. The summed E-state index contributed by atoms with van der Waals surface area (Å²) >= 11 is 0. The first-order valence-corrected chi connectivity index (χ1v) is 7.81. The standard InChI is InChI=1S/C16H20FN3O4/c17-11-5-1-2-7-13(11)20-10-4-6-12(15(20)23)19-16(24)18-9-3-8-14(21)22/h1-2,5,7,12H,3-4,6,8-10H2,(H,21,22)(H2,18,19,24). The zero-order valence-corrected chi connectivity index (χ0v) is 13.1. The van der Waals surface area contributed by atoms with Crippen LogP contribution in [-0.2, 0) is 9.59 Å². The van der Waals surface area contributed by atoms with Gasteiger partial charge in [0.2, 0.25) is 5.91 Å². The van der Waals surface area contributed by atoms with Crippen LogP contribution in [0.2, 0.25) is 0 Å². The summed E-state index contributed by atoms with van der Waals surface area (Å²) in [4.78, 5) is 36.0. The number of urea groups is 1. The Kier molecular flexibility index (Phi) is 6.11. The minimum atomic E-state index is -0.930. The Labute approximate surface area is 138 Å². The molecule has 0 aromatic heterocycles. The van der Waals surface area contributed by atoms with Gasteiger partial charge in [-0.2, -0.15) is 0 Å². The number of halogens is 1. The first-order chi connectivity index (χ1) is 11.5. The molecule has 1 aliphatic heterocycles. The number of carbonyl (C=O) groups excluding carboxylic acids is 2. The molecular weight excluding hydrogens is 317 g/mol. The second-order valence-electron chi connectivity index (χ2n) is 5.53. The molecule has 1 aromatic rings. The Hall–Kier alpha value is -2.64. The van der Waals surface area contributed by atoms with Crippen LogP contribution in [0.1, 0.15) is 25.7 Å². The van der Waals surface area contributed by atoms with Gasteiger partial charge in [0.25, 0.3) is 0 Å². The van der Waals surface area contributed by atoms with E-state index in [1.165, 1.54) is 17.0 Å². The van der Waals surface area contributed by atoms with Crippen LogP contribution in [0, 0.1) is 5.82 Å². The highest BCUT2D eigenvalue weighted by molar-refractivity contribution is 5.99. The van der Waals surface area contributed by atoms with Crippen LogP contribution in [0.25, 0.3) is 0 Å². The molecule has 1 saturated heterocycles. The van der Waals surface area contributed by atoms with E-state index in [0.29, 0.717) is 25.8 Å². The highest BCUT2D eigenvalue weighted by atomic mass is 19.1. The van der Waals surface area contributed by atoms with Crippen molar-refractivity contribution in [2.45, 2.75) is 31.7 Å². The average molecular weight is 337 g/mol. The number of aliphatic carboxylic acids is 1.